The highest BCUT2D eigenvalue weighted by atomic mass is 32.2. The van der Waals surface area contributed by atoms with Crippen molar-refractivity contribution in [3.05, 3.63) is 23.8 Å². The molecule has 1 rings (SSSR count). The molecule has 0 amide bonds. The molecule has 0 heterocycles. The highest BCUT2D eigenvalue weighted by Crippen LogP contribution is 2.18. The molecule has 1 aromatic carbocycles. The topological polar surface area (TPSA) is 109 Å². The first kappa shape index (κ1) is 12.1. The first-order valence-electron chi connectivity index (χ1n) is 3.67. The van der Waals surface area contributed by atoms with E-state index in [1.165, 1.54) is 6.92 Å². The van der Waals surface area contributed by atoms with Gasteiger partial charge in [-0.25, -0.2) is 0 Å². The van der Waals surface area contributed by atoms with Crippen LogP contribution >= 0.6 is 0 Å². The van der Waals surface area contributed by atoms with E-state index in [4.69, 9.17) is 9.11 Å². The first-order valence-corrected chi connectivity index (χ1v) is 6.55. The normalized spacial score (nSPS) is 12.7. The third-order valence-electron chi connectivity index (χ3n) is 1.62. The molecule has 0 bridgehead atoms. The second kappa shape index (κ2) is 3.56. The van der Waals surface area contributed by atoms with E-state index in [-0.39, 0.29) is 5.56 Å². The molecule has 0 unspecified atom stereocenters. The average molecular weight is 252 g/mol. The summed E-state index contributed by atoms with van der Waals surface area (Å²) in [7, 11) is -8.97. The van der Waals surface area contributed by atoms with E-state index >= 15 is 0 Å². The smallest absolute Gasteiger partial charge is 0.282 e. The monoisotopic (exact) mass is 252 g/mol. The zero-order valence-electron chi connectivity index (χ0n) is 7.58. The van der Waals surface area contributed by atoms with Crippen molar-refractivity contribution in [2.45, 2.75) is 16.7 Å². The zero-order valence-corrected chi connectivity index (χ0v) is 9.21. The molecule has 2 N–H and O–H groups in total. The standard InChI is InChI=1S/C7H8O6S2/c1-5-2-6(14(8,9)10)4-7(3-5)15(11,12)13/h2-4H,1H3,(H,8,9,10)(H,11,12,13). The maximum absolute atomic E-state index is 10.7. The summed E-state index contributed by atoms with van der Waals surface area (Å²) in [6.45, 7) is 1.43. The highest BCUT2D eigenvalue weighted by molar-refractivity contribution is 7.86. The molecule has 6 nitrogen and oxygen atoms in total. The van der Waals surface area contributed by atoms with Gasteiger partial charge in [-0.15, -0.1) is 0 Å². The molecule has 1 aromatic rings. The van der Waals surface area contributed by atoms with Gasteiger partial charge in [0, 0.05) is 0 Å². The van der Waals surface area contributed by atoms with Crippen LogP contribution in [-0.2, 0) is 20.2 Å². The molecule has 8 heteroatoms. The summed E-state index contributed by atoms with van der Waals surface area (Å²) in [5.74, 6) is 0. The minimum Gasteiger partial charge on any atom is -0.282 e. The van der Waals surface area contributed by atoms with Crippen LogP contribution < -0.4 is 0 Å². The Kier molecular flexibility index (Phi) is 2.88. The van der Waals surface area contributed by atoms with Crippen molar-refractivity contribution in [3.8, 4) is 0 Å². The summed E-state index contributed by atoms with van der Waals surface area (Å²) in [4.78, 5) is -1.15. The predicted molar refractivity (Wildman–Crippen MR) is 50.8 cm³/mol. The van der Waals surface area contributed by atoms with E-state index in [1.54, 1.807) is 0 Å². The largest absolute Gasteiger partial charge is 0.294 e. The van der Waals surface area contributed by atoms with Gasteiger partial charge in [-0.05, 0) is 30.7 Å². The minimum absolute atomic E-state index is 0.290. The Morgan fingerprint density at radius 1 is 0.867 bits per heavy atom. The van der Waals surface area contributed by atoms with Gasteiger partial charge in [-0.3, -0.25) is 9.11 Å². The Labute approximate surface area is 87.1 Å². The Morgan fingerprint density at radius 2 is 1.20 bits per heavy atom. The van der Waals surface area contributed by atoms with Gasteiger partial charge in [-0.1, -0.05) is 0 Å². The molecule has 15 heavy (non-hydrogen) atoms. The molecule has 0 fully saturated rings. The lowest BCUT2D eigenvalue weighted by molar-refractivity contribution is 0.481. The van der Waals surface area contributed by atoms with E-state index in [9.17, 15) is 16.8 Å². The number of benzene rings is 1. The molecule has 0 aliphatic rings. The third-order valence-corrected chi connectivity index (χ3v) is 3.28. The summed E-state index contributed by atoms with van der Waals surface area (Å²) in [6.07, 6.45) is 0. The van der Waals surface area contributed by atoms with Gasteiger partial charge in [0.1, 0.15) is 0 Å². The van der Waals surface area contributed by atoms with Gasteiger partial charge in [-0.2, -0.15) is 16.8 Å². The Hall–Kier alpha value is -0.960. The number of aryl methyl sites for hydroxylation is 1. The van der Waals surface area contributed by atoms with Gasteiger partial charge < -0.3 is 0 Å². The fraction of sp³-hybridized carbons (Fsp3) is 0.143. The van der Waals surface area contributed by atoms with Crippen molar-refractivity contribution in [2.75, 3.05) is 0 Å². The van der Waals surface area contributed by atoms with Crippen LogP contribution in [0.15, 0.2) is 28.0 Å². The van der Waals surface area contributed by atoms with Crippen molar-refractivity contribution < 1.29 is 25.9 Å². The van der Waals surface area contributed by atoms with Crippen LogP contribution in [0.4, 0.5) is 0 Å². The van der Waals surface area contributed by atoms with E-state index in [0.29, 0.717) is 6.07 Å². The maximum Gasteiger partial charge on any atom is 0.294 e. The summed E-state index contributed by atoms with van der Waals surface area (Å²) in [5, 5.41) is 0. The second-order valence-corrected chi connectivity index (χ2v) is 5.77. The van der Waals surface area contributed by atoms with Gasteiger partial charge >= 0.3 is 0 Å². The molecule has 0 radical (unpaired) electrons. The van der Waals surface area contributed by atoms with E-state index < -0.39 is 30.0 Å². The van der Waals surface area contributed by atoms with Crippen LogP contribution in [0.5, 0.6) is 0 Å². The van der Waals surface area contributed by atoms with Gasteiger partial charge in [0.15, 0.2) is 0 Å². The van der Waals surface area contributed by atoms with Crippen LogP contribution in [0.25, 0.3) is 0 Å². The van der Waals surface area contributed by atoms with Gasteiger partial charge in [0.25, 0.3) is 20.2 Å². The molecular formula is C7H8O6S2. The minimum atomic E-state index is -4.48. The van der Waals surface area contributed by atoms with E-state index in [0.717, 1.165) is 12.1 Å². The first-order chi connectivity index (χ1) is 6.60. The lowest BCUT2D eigenvalue weighted by atomic mass is 10.2. The van der Waals surface area contributed by atoms with Crippen LogP contribution in [-0.4, -0.2) is 25.9 Å². The van der Waals surface area contributed by atoms with Crippen molar-refractivity contribution in [1.29, 1.82) is 0 Å². The molecule has 0 aliphatic carbocycles. The predicted octanol–water partition coefficient (Wildman–Crippen LogP) is 0.488. The van der Waals surface area contributed by atoms with Crippen molar-refractivity contribution in [2.24, 2.45) is 0 Å². The molecule has 0 saturated heterocycles. The molecular weight excluding hydrogens is 244 g/mol. The molecule has 0 atom stereocenters. The van der Waals surface area contributed by atoms with Gasteiger partial charge in [0.05, 0.1) is 9.79 Å². The lowest BCUT2D eigenvalue weighted by Gasteiger charge is -2.02. The quantitative estimate of drug-likeness (QED) is 0.741. The fourth-order valence-electron chi connectivity index (χ4n) is 1.01. The SMILES string of the molecule is Cc1cc(S(=O)(=O)O)cc(S(=O)(=O)O)c1. The summed E-state index contributed by atoms with van der Waals surface area (Å²) >= 11 is 0. The second-order valence-electron chi connectivity index (χ2n) is 2.93. The van der Waals surface area contributed by atoms with E-state index in [1.807, 2.05) is 0 Å². The van der Waals surface area contributed by atoms with Crippen LogP contribution in [0, 0.1) is 6.92 Å². The Balaban J connectivity index is 3.57. The Morgan fingerprint density at radius 3 is 1.47 bits per heavy atom. The zero-order chi connectivity index (χ0) is 11.9. The van der Waals surface area contributed by atoms with Crippen molar-refractivity contribution in [1.82, 2.24) is 0 Å². The molecule has 0 aromatic heterocycles. The van der Waals surface area contributed by atoms with Crippen LogP contribution in [0.3, 0.4) is 0 Å². The number of hydrogen-bond donors (Lipinski definition) is 2. The van der Waals surface area contributed by atoms with Crippen molar-refractivity contribution >= 4 is 20.2 Å². The third kappa shape index (κ3) is 2.99. The van der Waals surface area contributed by atoms with Crippen LogP contribution in [0.1, 0.15) is 5.56 Å². The summed E-state index contributed by atoms with van der Waals surface area (Å²) in [5.41, 5.74) is 0.290. The molecule has 84 valence electrons. The molecule has 0 aliphatic heterocycles. The molecule has 0 saturated carbocycles. The van der Waals surface area contributed by atoms with E-state index in [2.05, 4.69) is 0 Å². The van der Waals surface area contributed by atoms with Crippen molar-refractivity contribution in [3.63, 3.8) is 0 Å². The highest BCUT2D eigenvalue weighted by Gasteiger charge is 2.16. The Bertz CT molecular complexity index is 534. The summed E-state index contributed by atoms with van der Waals surface area (Å²) < 4.78 is 60.4. The fourth-order valence-corrected chi connectivity index (χ4v) is 2.31. The lowest BCUT2D eigenvalue weighted by Crippen LogP contribution is -2.03. The molecule has 0 spiro atoms. The van der Waals surface area contributed by atoms with Gasteiger partial charge in [0.2, 0.25) is 0 Å². The summed E-state index contributed by atoms with van der Waals surface area (Å²) in [6, 6.07) is 2.85. The average Bonchev–Trinajstić information content (AvgIpc) is 1.99. The number of hydrogen-bond acceptors (Lipinski definition) is 4. The van der Waals surface area contributed by atoms with Crippen LogP contribution in [0.2, 0.25) is 0 Å². The number of rotatable bonds is 2. The maximum atomic E-state index is 10.7.